The quantitative estimate of drug-likeness (QED) is 0.484. The van der Waals surface area contributed by atoms with Crippen molar-refractivity contribution in [2.75, 3.05) is 13.2 Å². The van der Waals surface area contributed by atoms with Crippen LogP contribution in [0.5, 0.6) is 0 Å². The maximum atomic E-state index is 9.71. The number of hydrogen-bond donors (Lipinski definition) is 3. The fourth-order valence-electron chi connectivity index (χ4n) is 5.43. The van der Waals surface area contributed by atoms with Crippen LogP contribution in [0.4, 0.5) is 0 Å². The summed E-state index contributed by atoms with van der Waals surface area (Å²) in [5.41, 5.74) is 5.87. The summed E-state index contributed by atoms with van der Waals surface area (Å²) < 4.78 is 6.11. The molecule has 2 heterocycles. The Morgan fingerprint density at radius 2 is 1.62 bits per heavy atom. The number of nitrogens with one attached hydrogen (secondary N) is 1. The van der Waals surface area contributed by atoms with E-state index in [1.54, 1.807) is 0 Å². The summed E-state index contributed by atoms with van der Waals surface area (Å²) >= 11 is 0. The first-order valence-electron chi connectivity index (χ1n) is 12.0. The van der Waals surface area contributed by atoms with Gasteiger partial charge in [0.15, 0.2) is 0 Å². The number of aromatic nitrogens is 1. The Kier molecular flexibility index (Phi) is 6.60. The van der Waals surface area contributed by atoms with Crippen LogP contribution in [0, 0.1) is 0 Å². The lowest BCUT2D eigenvalue weighted by Crippen LogP contribution is -2.39. The third kappa shape index (κ3) is 4.62. The minimum Gasteiger partial charge on any atom is -0.395 e. The third-order valence-electron chi connectivity index (χ3n) is 7.27. The van der Waals surface area contributed by atoms with Crippen LogP contribution >= 0.6 is 0 Å². The van der Waals surface area contributed by atoms with E-state index in [-0.39, 0.29) is 25.3 Å². The number of H-pyrrole nitrogens is 1. The van der Waals surface area contributed by atoms with Crippen LogP contribution in [-0.4, -0.2) is 51.5 Å². The molecule has 1 aliphatic heterocycles. The van der Waals surface area contributed by atoms with E-state index in [2.05, 4.69) is 58.4 Å². The van der Waals surface area contributed by atoms with E-state index >= 15 is 0 Å². The van der Waals surface area contributed by atoms with Gasteiger partial charge in [-0.1, -0.05) is 37.1 Å². The van der Waals surface area contributed by atoms with E-state index in [4.69, 9.17) is 4.74 Å². The second-order valence-electron chi connectivity index (χ2n) is 9.44. The first kappa shape index (κ1) is 21.7. The van der Waals surface area contributed by atoms with Gasteiger partial charge in [0, 0.05) is 35.2 Å². The highest BCUT2D eigenvalue weighted by molar-refractivity contribution is 5.86. The molecule has 5 heteroatoms. The first-order valence-corrected chi connectivity index (χ1v) is 12.0. The van der Waals surface area contributed by atoms with Gasteiger partial charge in [-0.15, -0.1) is 0 Å². The van der Waals surface area contributed by atoms with E-state index in [1.165, 1.54) is 47.8 Å². The third-order valence-corrected chi connectivity index (χ3v) is 7.27. The highest BCUT2D eigenvalue weighted by Gasteiger charge is 2.32. The number of aliphatic hydroxyl groups is 2. The Labute approximate surface area is 190 Å². The van der Waals surface area contributed by atoms with Crippen molar-refractivity contribution in [3.63, 3.8) is 0 Å². The van der Waals surface area contributed by atoms with Gasteiger partial charge in [0.25, 0.3) is 0 Å². The maximum absolute atomic E-state index is 9.71. The number of nitrogens with zero attached hydrogens (tertiary/aromatic N) is 1. The van der Waals surface area contributed by atoms with E-state index in [0.717, 1.165) is 24.1 Å². The van der Waals surface area contributed by atoms with E-state index in [1.807, 2.05) is 0 Å². The van der Waals surface area contributed by atoms with Crippen LogP contribution in [-0.2, 0) is 17.9 Å². The molecule has 1 saturated heterocycles. The number of ether oxygens (including phenoxy) is 1. The minimum atomic E-state index is 0.128. The van der Waals surface area contributed by atoms with Crippen LogP contribution in [0.2, 0.25) is 0 Å². The van der Waals surface area contributed by atoms with E-state index in [0.29, 0.717) is 19.3 Å². The van der Waals surface area contributed by atoms with Gasteiger partial charge in [0.05, 0.1) is 25.9 Å². The molecule has 3 aromatic rings. The first-order chi connectivity index (χ1) is 15.7. The molecule has 5 nitrogen and oxygen atoms in total. The lowest BCUT2D eigenvalue weighted by atomic mass is 10.0. The molecule has 0 bridgehead atoms. The number of aliphatic hydroxyl groups excluding tert-OH is 2. The van der Waals surface area contributed by atoms with Gasteiger partial charge < -0.3 is 19.9 Å². The van der Waals surface area contributed by atoms with Crippen LogP contribution in [0.3, 0.4) is 0 Å². The number of benzene rings is 2. The average Bonchev–Trinajstić information content (AvgIpc) is 3.57. The van der Waals surface area contributed by atoms with Gasteiger partial charge in [0.1, 0.15) is 0 Å². The molecule has 5 rings (SSSR count). The minimum absolute atomic E-state index is 0.128. The highest BCUT2D eigenvalue weighted by Crippen LogP contribution is 2.29. The monoisotopic (exact) mass is 434 g/mol. The summed E-state index contributed by atoms with van der Waals surface area (Å²) in [6, 6.07) is 17.7. The molecule has 0 amide bonds. The Morgan fingerprint density at radius 3 is 2.38 bits per heavy atom. The molecule has 1 saturated carbocycles. The molecular weight excluding hydrogens is 400 g/mol. The van der Waals surface area contributed by atoms with Crippen molar-refractivity contribution in [2.24, 2.45) is 0 Å². The highest BCUT2D eigenvalue weighted by atomic mass is 16.5. The van der Waals surface area contributed by atoms with Crippen molar-refractivity contribution in [3.8, 4) is 11.1 Å². The van der Waals surface area contributed by atoms with Gasteiger partial charge in [-0.3, -0.25) is 4.90 Å². The molecule has 170 valence electrons. The molecule has 1 aliphatic carbocycles. The van der Waals surface area contributed by atoms with Crippen molar-refractivity contribution < 1.29 is 14.9 Å². The van der Waals surface area contributed by atoms with E-state index < -0.39 is 0 Å². The second-order valence-corrected chi connectivity index (χ2v) is 9.44. The molecule has 3 N–H and O–H groups in total. The van der Waals surface area contributed by atoms with Gasteiger partial charge in [-0.05, 0) is 66.6 Å². The van der Waals surface area contributed by atoms with Crippen molar-refractivity contribution >= 4 is 10.9 Å². The lowest BCUT2D eigenvalue weighted by Gasteiger charge is -2.27. The molecule has 0 spiro atoms. The van der Waals surface area contributed by atoms with Crippen LogP contribution in [0.15, 0.2) is 48.5 Å². The van der Waals surface area contributed by atoms with Crippen molar-refractivity contribution in [1.29, 1.82) is 0 Å². The summed E-state index contributed by atoms with van der Waals surface area (Å²) in [5, 5.41) is 20.6. The Hall–Kier alpha value is -2.18. The molecule has 32 heavy (non-hydrogen) atoms. The summed E-state index contributed by atoms with van der Waals surface area (Å²) in [7, 11) is 0. The standard InChI is InChI=1S/C27H34N2O3/c30-16-24-9-10-25(17-31)29(24)15-23-14-22-13-21(8-11-27(22)28-23)20-5-3-4-19(12-20)18-32-26-6-1-2-7-26/h3-5,8,11-14,24-26,28,30-31H,1-2,6-7,9-10,15-18H2/t24-,25?/m1/s1. The zero-order valence-electron chi connectivity index (χ0n) is 18.7. The molecule has 1 unspecified atom stereocenters. The number of hydrogen-bond acceptors (Lipinski definition) is 4. The topological polar surface area (TPSA) is 68.7 Å². The largest absolute Gasteiger partial charge is 0.395 e. The summed E-state index contributed by atoms with van der Waals surface area (Å²) in [6.45, 7) is 1.68. The second kappa shape index (κ2) is 9.75. The van der Waals surface area contributed by atoms with Gasteiger partial charge in [-0.25, -0.2) is 0 Å². The van der Waals surface area contributed by atoms with Crippen LogP contribution in [0.25, 0.3) is 22.0 Å². The van der Waals surface area contributed by atoms with Crippen LogP contribution in [0.1, 0.15) is 49.8 Å². The fraction of sp³-hybridized carbons (Fsp3) is 0.481. The zero-order chi connectivity index (χ0) is 21.9. The zero-order valence-corrected chi connectivity index (χ0v) is 18.7. The summed E-state index contributed by atoms with van der Waals surface area (Å²) in [6.07, 6.45) is 7.29. The van der Waals surface area contributed by atoms with Crippen molar-refractivity contribution in [2.45, 2.75) is 69.9 Å². The smallest absolute Gasteiger partial charge is 0.0720 e. The molecule has 2 aromatic carbocycles. The number of likely N-dealkylation sites (tertiary alicyclic amines) is 1. The average molecular weight is 435 g/mol. The molecule has 1 aromatic heterocycles. The summed E-state index contributed by atoms with van der Waals surface area (Å²) in [4.78, 5) is 5.76. The molecule has 2 fully saturated rings. The van der Waals surface area contributed by atoms with Crippen LogP contribution < -0.4 is 0 Å². The van der Waals surface area contributed by atoms with Crippen molar-refractivity contribution in [1.82, 2.24) is 9.88 Å². The predicted molar refractivity (Wildman–Crippen MR) is 127 cm³/mol. The number of rotatable bonds is 8. The Bertz CT molecular complexity index is 1030. The molecular formula is C27H34N2O3. The molecule has 2 aliphatic rings. The summed E-state index contributed by atoms with van der Waals surface area (Å²) in [5.74, 6) is 0. The fourth-order valence-corrected chi connectivity index (χ4v) is 5.43. The SMILES string of the molecule is OCC1CC[C@H](CO)N1Cc1cc2cc(-c3cccc(COC4CCCC4)c3)ccc2[nH]1. The van der Waals surface area contributed by atoms with E-state index in [9.17, 15) is 10.2 Å². The van der Waals surface area contributed by atoms with Gasteiger partial charge in [-0.2, -0.15) is 0 Å². The van der Waals surface area contributed by atoms with Gasteiger partial charge >= 0.3 is 0 Å². The normalized spacial score (nSPS) is 22.3. The van der Waals surface area contributed by atoms with Crippen molar-refractivity contribution in [3.05, 3.63) is 59.8 Å². The lowest BCUT2D eigenvalue weighted by molar-refractivity contribution is 0.0457. The predicted octanol–water partition coefficient (Wildman–Crippen LogP) is 4.61. The molecule has 0 radical (unpaired) electrons. The van der Waals surface area contributed by atoms with Gasteiger partial charge in [0.2, 0.25) is 0 Å². The maximum Gasteiger partial charge on any atom is 0.0720 e. The Balaban J connectivity index is 1.32. The molecule has 2 atom stereocenters. The number of aromatic amines is 1. The number of fused-ring (bicyclic) bond motifs is 1. The Morgan fingerprint density at radius 1 is 0.875 bits per heavy atom.